The molecule has 0 amide bonds. The van der Waals surface area contributed by atoms with Gasteiger partial charge in [0.2, 0.25) is 0 Å². The van der Waals surface area contributed by atoms with Gasteiger partial charge in [-0.3, -0.25) is 0 Å². The first-order valence-corrected chi connectivity index (χ1v) is 7.07. The highest BCUT2D eigenvalue weighted by Crippen LogP contribution is 2.20. The van der Waals surface area contributed by atoms with E-state index >= 15 is 0 Å². The second-order valence-electron chi connectivity index (χ2n) is 5.32. The van der Waals surface area contributed by atoms with E-state index in [-0.39, 0.29) is 0 Å². The average molecular weight is 264 g/mol. The predicted octanol–water partition coefficient (Wildman–Crippen LogP) is 2.56. The van der Waals surface area contributed by atoms with Crippen molar-refractivity contribution >= 4 is 0 Å². The maximum absolute atomic E-state index is 5.41. The van der Waals surface area contributed by atoms with Gasteiger partial charge in [-0.05, 0) is 59.0 Å². The normalized spacial score (nSPS) is 14.4. The summed E-state index contributed by atoms with van der Waals surface area (Å²) < 4.78 is 5.41. The molecule has 0 aromatic heterocycles. The van der Waals surface area contributed by atoms with Gasteiger partial charge in [0.25, 0.3) is 0 Å². The van der Waals surface area contributed by atoms with Crippen LogP contribution in [0, 0.1) is 0 Å². The summed E-state index contributed by atoms with van der Waals surface area (Å²) in [6.07, 6.45) is 2.19. The largest absolute Gasteiger partial charge is 0.496 e. The lowest BCUT2D eigenvalue weighted by molar-refractivity contribution is 0.243. The summed E-state index contributed by atoms with van der Waals surface area (Å²) in [6, 6.07) is 9.37. The first-order valence-electron chi connectivity index (χ1n) is 7.07. The standard InChI is InChI=1S/C16H28N2O/c1-13(17-3)10-11-18(4)14(2)12-15-8-6-7-9-16(15)19-5/h6-9,13-14,17H,10-12H2,1-5H3. The molecule has 108 valence electrons. The second kappa shape index (κ2) is 8.18. The lowest BCUT2D eigenvalue weighted by Gasteiger charge is -2.26. The number of nitrogens with zero attached hydrogens (tertiary/aromatic N) is 1. The van der Waals surface area contributed by atoms with Crippen LogP contribution in [0.3, 0.4) is 0 Å². The fraction of sp³-hybridized carbons (Fsp3) is 0.625. The predicted molar refractivity (Wildman–Crippen MR) is 81.9 cm³/mol. The Bertz CT molecular complexity index is 368. The van der Waals surface area contributed by atoms with Crippen LogP contribution in [0.1, 0.15) is 25.8 Å². The minimum Gasteiger partial charge on any atom is -0.496 e. The summed E-state index contributed by atoms with van der Waals surface area (Å²) >= 11 is 0. The van der Waals surface area contributed by atoms with Crippen LogP contribution in [-0.4, -0.2) is 44.7 Å². The number of likely N-dealkylation sites (N-methyl/N-ethyl adjacent to an activating group) is 1. The van der Waals surface area contributed by atoms with E-state index in [0.29, 0.717) is 12.1 Å². The van der Waals surface area contributed by atoms with Crippen molar-refractivity contribution < 1.29 is 4.74 Å². The number of rotatable bonds is 8. The van der Waals surface area contributed by atoms with E-state index in [1.165, 1.54) is 12.0 Å². The fourth-order valence-corrected chi connectivity index (χ4v) is 2.11. The van der Waals surface area contributed by atoms with Crippen molar-refractivity contribution in [3.8, 4) is 5.75 Å². The highest BCUT2D eigenvalue weighted by atomic mass is 16.5. The van der Waals surface area contributed by atoms with Crippen molar-refractivity contribution in [2.24, 2.45) is 0 Å². The quantitative estimate of drug-likeness (QED) is 0.781. The Balaban J connectivity index is 2.51. The Morgan fingerprint density at radius 1 is 1.26 bits per heavy atom. The molecule has 1 aromatic rings. The molecule has 0 aliphatic carbocycles. The van der Waals surface area contributed by atoms with Gasteiger partial charge >= 0.3 is 0 Å². The van der Waals surface area contributed by atoms with Crippen molar-refractivity contribution in [2.45, 2.75) is 38.8 Å². The molecular formula is C16H28N2O. The van der Waals surface area contributed by atoms with Crippen LogP contribution in [0.5, 0.6) is 5.75 Å². The third-order valence-corrected chi connectivity index (χ3v) is 3.87. The van der Waals surface area contributed by atoms with Crippen LogP contribution >= 0.6 is 0 Å². The van der Waals surface area contributed by atoms with Gasteiger partial charge in [-0.25, -0.2) is 0 Å². The number of hydrogen-bond donors (Lipinski definition) is 1. The molecule has 0 saturated heterocycles. The zero-order valence-corrected chi connectivity index (χ0v) is 12.9. The highest BCUT2D eigenvalue weighted by Gasteiger charge is 2.13. The van der Waals surface area contributed by atoms with E-state index in [9.17, 15) is 0 Å². The zero-order valence-electron chi connectivity index (χ0n) is 12.9. The number of methoxy groups -OCH3 is 1. The molecule has 0 heterocycles. The molecule has 3 heteroatoms. The lowest BCUT2D eigenvalue weighted by Crippen LogP contribution is -2.35. The molecule has 1 aromatic carbocycles. The molecule has 0 bridgehead atoms. The first-order chi connectivity index (χ1) is 9.08. The fourth-order valence-electron chi connectivity index (χ4n) is 2.11. The molecule has 0 aliphatic rings. The van der Waals surface area contributed by atoms with Crippen molar-refractivity contribution in [3.05, 3.63) is 29.8 Å². The van der Waals surface area contributed by atoms with E-state index < -0.39 is 0 Å². The SMILES string of the molecule is CNC(C)CCN(C)C(C)Cc1ccccc1OC. The van der Waals surface area contributed by atoms with Gasteiger partial charge in [-0.1, -0.05) is 18.2 Å². The summed E-state index contributed by atoms with van der Waals surface area (Å²) in [5.74, 6) is 0.992. The van der Waals surface area contributed by atoms with Gasteiger partial charge in [0.1, 0.15) is 5.75 Å². The number of benzene rings is 1. The third-order valence-electron chi connectivity index (χ3n) is 3.87. The van der Waals surface area contributed by atoms with Gasteiger partial charge in [0, 0.05) is 12.1 Å². The highest BCUT2D eigenvalue weighted by molar-refractivity contribution is 5.33. The summed E-state index contributed by atoms with van der Waals surface area (Å²) in [6.45, 7) is 5.60. The Morgan fingerprint density at radius 3 is 2.58 bits per heavy atom. The van der Waals surface area contributed by atoms with Crippen LogP contribution in [0.15, 0.2) is 24.3 Å². The number of ether oxygens (including phenoxy) is 1. The Labute approximate surface area is 118 Å². The second-order valence-corrected chi connectivity index (χ2v) is 5.32. The molecule has 19 heavy (non-hydrogen) atoms. The minimum atomic E-state index is 0.514. The maximum Gasteiger partial charge on any atom is 0.122 e. The van der Waals surface area contributed by atoms with Crippen LogP contribution in [0.2, 0.25) is 0 Å². The maximum atomic E-state index is 5.41. The van der Waals surface area contributed by atoms with E-state index in [0.717, 1.165) is 18.7 Å². The Morgan fingerprint density at radius 2 is 1.95 bits per heavy atom. The molecule has 0 spiro atoms. The summed E-state index contributed by atoms with van der Waals surface area (Å²) in [5, 5.41) is 3.28. The van der Waals surface area contributed by atoms with Crippen molar-refractivity contribution in [1.29, 1.82) is 0 Å². The van der Waals surface area contributed by atoms with Crippen LogP contribution < -0.4 is 10.1 Å². The van der Waals surface area contributed by atoms with Crippen molar-refractivity contribution in [1.82, 2.24) is 10.2 Å². The topological polar surface area (TPSA) is 24.5 Å². The van der Waals surface area contributed by atoms with Gasteiger partial charge in [0.05, 0.1) is 7.11 Å². The summed E-state index contributed by atoms with van der Waals surface area (Å²) in [4.78, 5) is 2.42. The van der Waals surface area contributed by atoms with Gasteiger partial charge in [-0.15, -0.1) is 0 Å². The minimum absolute atomic E-state index is 0.514. The number of hydrogen-bond acceptors (Lipinski definition) is 3. The van der Waals surface area contributed by atoms with Gasteiger partial charge < -0.3 is 15.0 Å². The molecule has 2 atom stereocenters. The van der Waals surface area contributed by atoms with Crippen LogP contribution in [0.4, 0.5) is 0 Å². The number of para-hydroxylation sites is 1. The van der Waals surface area contributed by atoms with E-state index in [1.807, 2.05) is 19.2 Å². The van der Waals surface area contributed by atoms with Gasteiger partial charge in [0.15, 0.2) is 0 Å². The molecule has 1 rings (SSSR count). The Hall–Kier alpha value is -1.06. The monoisotopic (exact) mass is 264 g/mol. The number of nitrogens with one attached hydrogen (secondary N) is 1. The third kappa shape index (κ3) is 5.21. The average Bonchev–Trinajstić information content (AvgIpc) is 2.44. The van der Waals surface area contributed by atoms with E-state index in [4.69, 9.17) is 4.74 Å². The molecule has 0 aliphatic heterocycles. The first kappa shape index (κ1) is 16.0. The van der Waals surface area contributed by atoms with Crippen molar-refractivity contribution in [3.63, 3.8) is 0 Å². The lowest BCUT2D eigenvalue weighted by atomic mass is 10.0. The van der Waals surface area contributed by atoms with Crippen molar-refractivity contribution in [2.75, 3.05) is 27.7 Å². The van der Waals surface area contributed by atoms with Gasteiger partial charge in [-0.2, -0.15) is 0 Å². The smallest absolute Gasteiger partial charge is 0.122 e. The molecule has 0 radical (unpaired) electrons. The summed E-state index contributed by atoms with van der Waals surface area (Å²) in [7, 11) is 5.95. The van der Waals surface area contributed by atoms with E-state index in [2.05, 4.69) is 43.2 Å². The zero-order chi connectivity index (χ0) is 14.3. The molecule has 1 N–H and O–H groups in total. The summed E-state index contributed by atoms with van der Waals surface area (Å²) in [5.41, 5.74) is 1.28. The molecule has 0 saturated carbocycles. The van der Waals surface area contributed by atoms with Crippen LogP contribution in [-0.2, 0) is 6.42 Å². The Kier molecular flexibility index (Phi) is 6.89. The van der Waals surface area contributed by atoms with Crippen LogP contribution in [0.25, 0.3) is 0 Å². The molecule has 0 fully saturated rings. The molecular weight excluding hydrogens is 236 g/mol. The van der Waals surface area contributed by atoms with E-state index in [1.54, 1.807) is 7.11 Å². The molecule has 3 nitrogen and oxygen atoms in total. The molecule has 2 unspecified atom stereocenters.